The number of nitrogens with one attached hydrogen (secondary N) is 1. The molecule has 3 rings (SSSR count). The van der Waals surface area contributed by atoms with Gasteiger partial charge in [-0.3, -0.25) is 9.59 Å². The van der Waals surface area contributed by atoms with Gasteiger partial charge in [0.05, 0.1) is 11.4 Å². The Labute approximate surface area is 164 Å². The maximum atomic E-state index is 12.7. The highest BCUT2D eigenvalue weighted by Crippen LogP contribution is 2.14. The molecule has 0 aliphatic carbocycles. The van der Waals surface area contributed by atoms with E-state index in [1.807, 2.05) is 36.7 Å². The number of rotatable bonds is 6. The van der Waals surface area contributed by atoms with Gasteiger partial charge in [0.2, 0.25) is 5.91 Å². The molecule has 2 aromatic rings. The van der Waals surface area contributed by atoms with Crippen LogP contribution in [0.15, 0.2) is 30.3 Å². The van der Waals surface area contributed by atoms with Crippen molar-refractivity contribution >= 4 is 18.1 Å². The fraction of sp³-hybridized carbons (Fsp3) is 0.429. The van der Waals surface area contributed by atoms with Crippen LogP contribution in [0.2, 0.25) is 0 Å². The average molecular weight is 382 g/mol. The fourth-order valence-corrected chi connectivity index (χ4v) is 3.54. The summed E-state index contributed by atoms with van der Waals surface area (Å²) >= 11 is 0. The topological polar surface area (TPSA) is 84.3 Å². The van der Waals surface area contributed by atoms with Crippen LogP contribution < -0.4 is 5.32 Å². The largest absolute Gasteiger partial charge is 0.341 e. The first kappa shape index (κ1) is 19.8. The molecule has 1 aromatic heterocycles. The molecular weight excluding hydrogens is 356 g/mol. The minimum atomic E-state index is -0.821. The Hall–Kier alpha value is -2.96. The van der Waals surface area contributed by atoms with Gasteiger partial charge in [-0.05, 0) is 63.4 Å². The molecule has 1 aromatic carbocycles. The van der Waals surface area contributed by atoms with Crippen LogP contribution in [0.5, 0.6) is 0 Å². The molecule has 148 valence electrons. The van der Waals surface area contributed by atoms with Crippen molar-refractivity contribution in [3.63, 3.8) is 0 Å². The van der Waals surface area contributed by atoms with Crippen LogP contribution in [0.4, 0.5) is 0 Å². The molecule has 7 heteroatoms. The standard InChI is InChI=1S/C21H26N4O3/c1-15-14-16(2)25(23-15)18-8-6-17(7-9-18)20(27)22-19(10-13-26)21(28)24-11-4-3-5-12-24/h6-9,13-14,19H,3-5,10-12H2,1-2H3,(H,22,27)/t19-/m0/s1. The van der Waals surface area contributed by atoms with Crippen molar-refractivity contribution in [1.29, 1.82) is 0 Å². The van der Waals surface area contributed by atoms with Gasteiger partial charge in [-0.1, -0.05) is 0 Å². The quantitative estimate of drug-likeness (QED) is 0.776. The number of benzene rings is 1. The third-order valence-corrected chi connectivity index (χ3v) is 4.99. The van der Waals surface area contributed by atoms with Gasteiger partial charge in [0.1, 0.15) is 12.3 Å². The first-order chi connectivity index (χ1) is 13.5. The Morgan fingerprint density at radius 2 is 1.82 bits per heavy atom. The van der Waals surface area contributed by atoms with Gasteiger partial charge < -0.3 is 15.0 Å². The lowest BCUT2D eigenvalue weighted by molar-refractivity contribution is -0.135. The van der Waals surface area contributed by atoms with E-state index < -0.39 is 6.04 Å². The highest BCUT2D eigenvalue weighted by Gasteiger charge is 2.27. The van der Waals surface area contributed by atoms with E-state index in [4.69, 9.17) is 0 Å². The summed E-state index contributed by atoms with van der Waals surface area (Å²) in [7, 11) is 0. The minimum absolute atomic E-state index is 0.0229. The van der Waals surface area contributed by atoms with Gasteiger partial charge in [0.15, 0.2) is 0 Å². The normalized spacial score (nSPS) is 15.1. The van der Waals surface area contributed by atoms with E-state index >= 15 is 0 Å². The van der Waals surface area contributed by atoms with Gasteiger partial charge in [-0.2, -0.15) is 5.10 Å². The summed E-state index contributed by atoms with van der Waals surface area (Å²) in [6.45, 7) is 5.26. The lowest BCUT2D eigenvalue weighted by atomic mass is 10.1. The molecule has 0 saturated carbocycles. The number of piperidine rings is 1. The van der Waals surface area contributed by atoms with E-state index in [1.54, 1.807) is 17.0 Å². The van der Waals surface area contributed by atoms with Crippen LogP contribution in [-0.4, -0.2) is 51.9 Å². The molecule has 1 fully saturated rings. The molecule has 0 radical (unpaired) electrons. The smallest absolute Gasteiger partial charge is 0.251 e. The Bertz CT molecular complexity index is 851. The van der Waals surface area contributed by atoms with E-state index in [1.165, 1.54) is 0 Å². The molecule has 2 amide bonds. The van der Waals surface area contributed by atoms with Crippen LogP contribution >= 0.6 is 0 Å². The predicted molar refractivity (Wildman–Crippen MR) is 105 cm³/mol. The second-order valence-corrected chi connectivity index (χ2v) is 7.20. The number of aryl methyl sites for hydroxylation is 2. The average Bonchev–Trinajstić information content (AvgIpc) is 3.05. The van der Waals surface area contributed by atoms with E-state index in [2.05, 4.69) is 10.4 Å². The van der Waals surface area contributed by atoms with Crippen molar-refractivity contribution in [2.24, 2.45) is 0 Å². The van der Waals surface area contributed by atoms with Gasteiger partial charge in [0.25, 0.3) is 5.91 Å². The maximum Gasteiger partial charge on any atom is 0.251 e. The van der Waals surface area contributed by atoms with Gasteiger partial charge >= 0.3 is 0 Å². The second kappa shape index (κ2) is 8.82. The molecule has 1 N–H and O–H groups in total. The SMILES string of the molecule is Cc1cc(C)n(-c2ccc(C(=O)N[C@@H](CC=O)C(=O)N3CCCCC3)cc2)n1. The summed E-state index contributed by atoms with van der Waals surface area (Å²) in [6, 6.07) is 8.19. The lowest BCUT2D eigenvalue weighted by Gasteiger charge is -2.30. The summed E-state index contributed by atoms with van der Waals surface area (Å²) in [4.78, 5) is 38.1. The van der Waals surface area contributed by atoms with Crippen molar-refractivity contribution in [2.45, 2.75) is 45.6 Å². The summed E-state index contributed by atoms with van der Waals surface area (Å²) < 4.78 is 1.81. The van der Waals surface area contributed by atoms with E-state index in [-0.39, 0.29) is 18.2 Å². The molecule has 1 aliphatic rings. The third-order valence-electron chi connectivity index (χ3n) is 4.99. The van der Waals surface area contributed by atoms with Crippen molar-refractivity contribution < 1.29 is 14.4 Å². The van der Waals surface area contributed by atoms with Crippen molar-refractivity contribution in [2.75, 3.05) is 13.1 Å². The minimum Gasteiger partial charge on any atom is -0.341 e. The molecule has 2 heterocycles. The lowest BCUT2D eigenvalue weighted by Crippen LogP contribution is -2.50. The molecule has 1 saturated heterocycles. The third kappa shape index (κ3) is 4.47. The first-order valence-electron chi connectivity index (χ1n) is 9.66. The number of carbonyl (C=O) groups is 3. The number of carbonyl (C=O) groups excluding carboxylic acids is 3. The summed E-state index contributed by atoms with van der Waals surface area (Å²) in [6.07, 6.45) is 3.68. The number of hydrogen-bond donors (Lipinski definition) is 1. The van der Waals surface area contributed by atoms with Crippen molar-refractivity contribution in [3.8, 4) is 5.69 Å². The molecule has 0 unspecified atom stereocenters. The van der Waals surface area contributed by atoms with Crippen LogP contribution in [0, 0.1) is 13.8 Å². The number of likely N-dealkylation sites (tertiary alicyclic amines) is 1. The Morgan fingerprint density at radius 1 is 1.14 bits per heavy atom. The van der Waals surface area contributed by atoms with Gasteiger partial charge in [-0.25, -0.2) is 4.68 Å². The zero-order valence-corrected chi connectivity index (χ0v) is 16.4. The summed E-state index contributed by atoms with van der Waals surface area (Å²) in [5.41, 5.74) is 3.23. The predicted octanol–water partition coefficient (Wildman–Crippen LogP) is 2.19. The van der Waals surface area contributed by atoms with Crippen LogP contribution in [0.25, 0.3) is 5.69 Å². The van der Waals surface area contributed by atoms with Crippen molar-refractivity contribution in [3.05, 3.63) is 47.3 Å². The first-order valence-corrected chi connectivity index (χ1v) is 9.66. The Kier molecular flexibility index (Phi) is 6.23. The molecule has 1 atom stereocenters. The fourth-order valence-electron chi connectivity index (χ4n) is 3.54. The number of aldehydes is 1. The number of amides is 2. The molecule has 7 nitrogen and oxygen atoms in total. The zero-order chi connectivity index (χ0) is 20.1. The van der Waals surface area contributed by atoms with Gasteiger partial charge in [0, 0.05) is 30.8 Å². The van der Waals surface area contributed by atoms with Crippen LogP contribution in [0.3, 0.4) is 0 Å². The summed E-state index contributed by atoms with van der Waals surface area (Å²) in [5, 5.41) is 7.15. The molecule has 0 spiro atoms. The molecule has 1 aliphatic heterocycles. The van der Waals surface area contributed by atoms with E-state index in [0.29, 0.717) is 24.9 Å². The van der Waals surface area contributed by atoms with E-state index in [9.17, 15) is 14.4 Å². The zero-order valence-electron chi connectivity index (χ0n) is 16.4. The summed E-state index contributed by atoms with van der Waals surface area (Å²) in [5.74, 6) is -0.545. The monoisotopic (exact) mass is 382 g/mol. The van der Waals surface area contributed by atoms with Crippen LogP contribution in [-0.2, 0) is 9.59 Å². The highest BCUT2D eigenvalue weighted by molar-refractivity contribution is 5.98. The molecular formula is C21H26N4O3. The van der Waals surface area contributed by atoms with Gasteiger partial charge in [-0.15, -0.1) is 0 Å². The van der Waals surface area contributed by atoms with E-state index in [0.717, 1.165) is 36.3 Å². The molecule has 0 bridgehead atoms. The number of aromatic nitrogens is 2. The molecule has 28 heavy (non-hydrogen) atoms. The van der Waals surface area contributed by atoms with Crippen molar-refractivity contribution in [1.82, 2.24) is 20.0 Å². The maximum absolute atomic E-state index is 12.7. The Morgan fingerprint density at radius 3 is 2.39 bits per heavy atom. The Balaban J connectivity index is 1.70. The van der Waals surface area contributed by atoms with Crippen LogP contribution in [0.1, 0.15) is 47.4 Å². The highest BCUT2D eigenvalue weighted by atomic mass is 16.2. The number of hydrogen-bond acceptors (Lipinski definition) is 4. The second-order valence-electron chi connectivity index (χ2n) is 7.20. The number of nitrogens with zero attached hydrogens (tertiary/aromatic N) is 3.